The third kappa shape index (κ3) is 15.3. The molecule has 13 heavy (non-hydrogen) atoms. The van der Waals surface area contributed by atoms with E-state index in [1.165, 1.54) is 30.6 Å². The third-order valence-electron chi connectivity index (χ3n) is 1.19. The van der Waals surface area contributed by atoms with Crippen LogP contribution in [0.25, 0.3) is 0 Å². The van der Waals surface area contributed by atoms with Crippen molar-refractivity contribution in [2.45, 2.75) is 33.1 Å². The van der Waals surface area contributed by atoms with Crippen molar-refractivity contribution >= 4 is 32.7 Å². The smallest absolute Gasteiger partial charge is 0.197 e. The first-order chi connectivity index (χ1) is 6.04. The van der Waals surface area contributed by atoms with E-state index in [-0.39, 0.29) is 5.75 Å². The molecule has 0 aliphatic carbocycles. The van der Waals surface area contributed by atoms with Crippen molar-refractivity contribution < 1.29 is 17.3 Å². The monoisotopic (exact) mass is 326 g/mol. The van der Waals surface area contributed by atoms with Crippen molar-refractivity contribution in [1.29, 1.82) is 0 Å². The largest absolute Gasteiger partial charge is 0.297 e. The van der Waals surface area contributed by atoms with Crippen LogP contribution < -0.4 is 0 Å². The Labute approximate surface area is 93.2 Å². The summed E-state index contributed by atoms with van der Waals surface area (Å²) in [6, 6.07) is 0. The highest BCUT2D eigenvalue weighted by molar-refractivity contribution is 14.1. The predicted octanol–water partition coefficient (Wildman–Crippen LogP) is 2.85. The zero-order chi connectivity index (χ0) is 10.7. The second kappa shape index (κ2) is 10.6. The van der Waals surface area contributed by atoms with E-state index in [1.54, 1.807) is 0 Å². The lowest BCUT2D eigenvalue weighted by Gasteiger charge is -1.85. The molecule has 0 aromatic carbocycles. The van der Waals surface area contributed by atoms with E-state index in [4.69, 9.17) is 0 Å². The molecule has 0 fully saturated rings. The summed E-state index contributed by atoms with van der Waals surface area (Å²) in [4.78, 5) is 0. The maximum atomic E-state index is 10.7. The van der Waals surface area contributed by atoms with Crippen molar-refractivity contribution in [2.24, 2.45) is 0 Å². The molecule has 82 valence electrons. The number of halogens is 2. The molecule has 0 aliphatic rings. The van der Waals surface area contributed by atoms with Gasteiger partial charge >= 0.3 is 0 Å². The van der Waals surface area contributed by atoms with Gasteiger partial charge in [0.25, 0.3) is 10.1 Å². The van der Waals surface area contributed by atoms with Gasteiger partial charge in [-0.25, -0.2) is 0 Å². The molecule has 0 atom stereocenters. The van der Waals surface area contributed by atoms with Gasteiger partial charge in [0.1, 0.15) is 0 Å². The van der Waals surface area contributed by atoms with E-state index < -0.39 is 10.1 Å². The Morgan fingerprint density at radius 2 is 1.85 bits per heavy atom. The Balaban J connectivity index is 0. The molecular weight excluding hydrogens is 310 g/mol. The van der Waals surface area contributed by atoms with Crippen LogP contribution >= 0.6 is 22.6 Å². The summed E-state index contributed by atoms with van der Waals surface area (Å²) in [6.45, 7) is 3.52. The minimum Gasteiger partial charge on any atom is -0.197 e. The highest BCUT2D eigenvalue weighted by Crippen LogP contribution is 1.96. The van der Waals surface area contributed by atoms with E-state index in [1.807, 2.05) is 0 Å². The average molecular weight is 326 g/mol. The van der Waals surface area contributed by atoms with Crippen LogP contribution in [-0.2, 0) is 14.5 Å². The van der Waals surface area contributed by atoms with Crippen molar-refractivity contribution in [2.75, 3.05) is 10.2 Å². The molecule has 0 N–H and O–H groups in total. The lowest BCUT2D eigenvalue weighted by atomic mass is 10.3. The van der Waals surface area contributed by atoms with Crippen LogP contribution in [0.3, 0.4) is 0 Å². The van der Waals surface area contributed by atoms with Crippen LogP contribution in [0.1, 0.15) is 33.1 Å². The van der Waals surface area contributed by atoms with E-state index in [0.717, 1.165) is 0 Å². The highest BCUT2D eigenvalue weighted by atomic mass is 127. The third-order valence-corrected chi connectivity index (χ3v) is 2.85. The second-order valence-corrected chi connectivity index (χ2v) is 5.20. The number of rotatable bonds is 5. The summed E-state index contributed by atoms with van der Waals surface area (Å²) in [5.41, 5.74) is 0. The minimum absolute atomic E-state index is 0.330. The second-order valence-electron chi connectivity index (χ2n) is 2.31. The molecule has 0 rings (SSSR count). The molecule has 0 saturated carbocycles. The maximum Gasteiger partial charge on any atom is 0.297 e. The molecule has 0 aliphatic heterocycles. The first-order valence-electron chi connectivity index (χ1n) is 4.12. The molecule has 0 unspecified atom stereocenters. The van der Waals surface area contributed by atoms with E-state index in [2.05, 4.69) is 33.9 Å². The SMILES string of the molecule is CCCCCI.CCS(=O)(=O)OF. The summed E-state index contributed by atoms with van der Waals surface area (Å²) in [5.74, 6) is -0.330. The zero-order valence-corrected chi connectivity index (χ0v) is 10.9. The van der Waals surface area contributed by atoms with Gasteiger partial charge < -0.3 is 0 Å². The Morgan fingerprint density at radius 3 is 1.92 bits per heavy atom. The number of alkyl halides is 1. The maximum absolute atomic E-state index is 10.7. The molecule has 0 aromatic heterocycles. The summed E-state index contributed by atoms with van der Waals surface area (Å²) in [5, 5.41) is 0. The quantitative estimate of drug-likeness (QED) is 0.443. The van der Waals surface area contributed by atoms with Crippen LogP contribution in [0.2, 0.25) is 0 Å². The molecule has 0 radical (unpaired) electrons. The molecule has 0 saturated heterocycles. The van der Waals surface area contributed by atoms with Gasteiger partial charge in [0.05, 0.1) is 5.75 Å². The van der Waals surface area contributed by atoms with Crippen molar-refractivity contribution in [3.63, 3.8) is 0 Å². The van der Waals surface area contributed by atoms with Crippen molar-refractivity contribution in [1.82, 2.24) is 0 Å². The van der Waals surface area contributed by atoms with Gasteiger partial charge in [-0.05, 0) is 22.3 Å². The molecule has 0 heterocycles. The van der Waals surface area contributed by atoms with Crippen LogP contribution in [-0.4, -0.2) is 18.6 Å². The molecule has 0 bridgehead atoms. The average Bonchev–Trinajstić information content (AvgIpc) is 2.16. The predicted molar refractivity (Wildman–Crippen MR) is 60.1 cm³/mol. The number of hydrogen-bond acceptors (Lipinski definition) is 3. The molecule has 3 nitrogen and oxygen atoms in total. The van der Waals surface area contributed by atoms with E-state index >= 15 is 0 Å². The summed E-state index contributed by atoms with van der Waals surface area (Å²) >= 11 is 2.41. The first-order valence-corrected chi connectivity index (χ1v) is 7.23. The minimum atomic E-state index is -3.82. The number of hydrogen-bond donors (Lipinski definition) is 0. The zero-order valence-electron chi connectivity index (χ0n) is 7.92. The van der Waals surface area contributed by atoms with Gasteiger partial charge in [0.15, 0.2) is 0 Å². The molecular formula is C7H16FIO3S. The van der Waals surface area contributed by atoms with Gasteiger partial charge in [-0.1, -0.05) is 46.7 Å². The first kappa shape index (κ1) is 16.0. The van der Waals surface area contributed by atoms with Crippen LogP contribution in [0.4, 0.5) is 4.53 Å². The Bertz CT molecular complexity index is 168. The van der Waals surface area contributed by atoms with E-state index in [9.17, 15) is 12.9 Å². The summed E-state index contributed by atoms with van der Waals surface area (Å²) in [6.07, 6.45) is 4.16. The standard InChI is InChI=1S/C5H11I.C2H5FO3S/c1-2-3-4-5-6;1-2-7(4,5)6-3/h2-5H2,1H3;2H2,1H3. The normalized spacial score (nSPS) is 10.5. The van der Waals surface area contributed by atoms with Crippen LogP contribution in [0.15, 0.2) is 0 Å². The molecule has 0 aromatic rings. The fraction of sp³-hybridized carbons (Fsp3) is 1.00. The van der Waals surface area contributed by atoms with Crippen molar-refractivity contribution in [3.8, 4) is 0 Å². The van der Waals surface area contributed by atoms with Crippen LogP contribution in [0.5, 0.6) is 0 Å². The van der Waals surface area contributed by atoms with Gasteiger partial charge in [0, 0.05) is 0 Å². The lowest BCUT2D eigenvalue weighted by Crippen LogP contribution is -2.00. The van der Waals surface area contributed by atoms with Gasteiger partial charge in [-0.2, -0.15) is 8.42 Å². The van der Waals surface area contributed by atoms with Crippen LogP contribution in [0, 0.1) is 0 Å². The fourth-order valence-electron chi connectivity index (χ4n) is 0.389. The fourth-order valence-corrected chi connectivity index (χ4v) is 1.02. The van der Waals surface area contributed by atoms with Gasteiger partial charge in [0.2, 0.25) is 0 Å². The van der Waals surface area contributed by atoms with Crippen molar-refractivity contribution in [3.05, 3.63) is 0 Å². The van der Waals surface area contributed by atoms with Gasteiger partial charge in [-0.3, -0.25) is 0 Å². The van der Waals surface area contributed by atoms with E-state index in [0.29, 0.717) is 0 Å². The number of unbranched alkanes of at least 4 members (excludes halogenated alkanes) is 2. The molecule has 6 heteroatoms. The lowest BCUT2D eigenvalue weighted by molar-refractivity contribution is 0.00319. The molecule has 0 amide bonds. The summed E-state index contributed by atoms with van der Waals surface area (Å²) < 4.78 is 34.1. The topological polar surface area (TPSA) is 43.4 Å². The summed E-state index contributed by atoms with van der Waals surface area (Å²) in [7, 11) is -3.82. The Morgan fingerprint density at radius 1 is 1.31 bits per heavy atom. The highest BCUT2D eigenvalue weighted by Gasteiger charge is 2.04. The molecule has 0 spiro atoms. The Hall–Kier alpha value is 0.570. The van der Waals surface area contributed by atoms with Gasteiger partial charge in [-0.15, -0.1) is 0 Å². The Kier molecular flexibility index (Phi) is 13.1.